The quantitative estimate of drug-likeness (QED) is 0.932. The summed E-state index contributed by atoms with van der Waals surface area (Å²) in [6, 6.07) is 11.7. The molecule has 0 aliphatic rings. The number of rotatable bonds is 3. The molecule has 20 heavy (non-hydrogen) atoms. The van der Waals surface area contributed by atoms with E-state index in [1.54, 1.807) is 30.1 Å². The lowest BCUT2D eigenvalue weighted by Crippen LogP contribution is -2.26. The SMILES string of the molecule is CN(Cc1ccc(Cl)cc1)C(=O)c1ccc(O)c(Cl)c1. The summed E-state index contributed by atoms with van der Waals surface area (Å²) in [4.78, 5) is 13.8. The molecule has 0 saturated heterocycles. The number of amides is 1. The molecule has 1 N–H and O–H groups in total. The first-order valence-corrected chi connectivity index (χ1v) is 6.71. The predicted octanol–water partition coefficient (Wildman–Crippen LogP) is 3.97. The molecule has 5 heteroatoms. The van der Waals surface area contributed by atoms with Crippen molar-refractivity contribution in [1.29, 1.82) is 0 Å². The highest BCUT2D eigenvalue weighted by atomic mass is 35.5. The molecule has 0 aliphatic heterocycles. The van der Waals surface area contributed by atoms with Gasteiger partial charge in [0.15, 0.2) is 0 Å². The maximum atomic E-state index is 12.2. The topological polar surface area (TPSA) is 40.5 Å². The van der Waals surface area contributed by atoms with Gasteiger partial charge < -0.3 is 10.0 Å². The van der Waals surface area contributed by atoms with Crippen LogP contribution in [0.4, 0.5) is 0 Å². The van der Waals surface area contributed by atoms with Gasteiger partial charge in [0.05, 0.1) is 5.02 Å². The second kappa shape index (κ2) is 6.16. The molecular formula is C15H13Cl2NO2. The maximum absolute atomic E-state index is 12.2. The zero-order chi connectivity index (χ0) is 14.7. The van der Waals surface area contributed by atoms with Crippen molar-refractivity contribution >= 4 is 29.1 Å². The van der Waals surface area contributed by atoms with Gasteiger partial charge in [-0.1, -0.05) is 35.3 Å². The number of aromatic hydroxyl groups is 1. The van der Waals surface area contributed by atoms with Crippen LogP contribution in [0, 0.1) is 0 Å². The van der Waals surface area contributed by atoms with Crippen molar-refractivity contribution in [2.24, 2.45) is 0 Å². The molecule has 1 amide bonds. The van der Waals surface area contributed by atoms with Gasteiger partial charge in [-0.25, -0.2) is 0 Å². The molecule has 2 aromatic rings. The van der Waals surface area contributed by atoms with Crippen LogP contribution < -0.4 is 0 Å². The monoisotopic (exact) mass is 309 g/mol. The Hall–Kier alpha value is -1.71. The Kier molecular flexibility index (Phi) is 4.53. The summed E-state index contributed by atoms with van der Waals surface area (Å²) in [5.41, 5.74) is 1.42. The number of phenolic OH excluding ortho intramolecular Hbond substituents is 1. The summed E-state index contributed by atoms with van der Waals surface area (Å²) < 4.78 is 0. The molecule has 0 aromatic heterocycles. The molecule has 0 heterocycles. The lowest BCUT2D eigenvalue weighted by Gasteiger charge is -2.17. The lowest BCUT2D eigenvalue weighted by atomic mass is 10.1. The van der Waals surface area contributed by atoms with Crippen LogP contribution in [-0.4, -0.2) is 23.0 Å². The van der Waals surface area contributed by atoms with Crippen LogP contribution in [0.25, 0.3) is 0 Å². The molecule has 104 valence electrons. The van der Waals surface area contributed by atoms with Crippen LogP contribution in [0.5, 0.6) is 5.75 Å². The fraction of sp³-hybridized carbons (Fsp3) is 0.133. The van der Waals surface area contributed by atoms with E-state index < -0.39 is 0 Å². The summed E-state index contributed by atoms with van der Waals surface area (Å²) in [5, 5.41) is 10.2. The summed E-state index contributed by atoms with van der Waals surface area (Å²) in [6.45, 7) is 0.467. The molecule has 0 atom stereocenters. The molecular weight excluding hydrogens is 297 g/mol. The first kappa shape index (κ1) is 14.7. The second-order valence-electron chi connectivity index (χ2n) is 4.45. The Morgan fingerprint density at radius 3 is 2.40 bits per heavy atom. The van der Waals surface area contributed by atoms with E-state index in [2.05, 4.69) is 0 Å². The third-order valence-electron chi connectivity index (χ3n) is 2.87. The van der Waals surface area contributed by atoms with Crippen molar-refractivity contribution in [3.05, 3.63) is 63.6 Å². The van der Waals surface area contributed by atoms with E-state index >= 15 is 0 Å². The van der Waals surface area contributed by atoms with E-state index in [9.17, 15) is 9.90 Å². The van der Waals surface area contributed by atoms with Crippen molar-refractivity contribution in [3.8, 4) is 5.75 Å². The Labute approximate surface area is 127 Å². The highest BCUT2D eigenvalue weighted by molar-refractivity contribution is 6.32. The number of carbonyl (C=O) groups excluding carboxylic acids is 1. The second-order valence-corrected chi connectivity index (χ2v) is 5.30. The van der Waals surface area contributed by atoms with Gasteiger partial charge in [0.2, 0.25) is 0 Å². The van der Waals surface area contributed by atoms with Crippen molar-refractivity contribution in [2.45, 2.75) is 6.54 Å². The molecule has 2 aromatic carbocycles. The minimum Gasteiger partial charge on any atom is -0.506 e. The van der Waals surface area contributed by atoms with Gasteiger partial charge in [-0.2, -0.15) is 0 Å². The molecule has 0 saturated carbocycles. The molecule has 0 bridgehead atoms. The van der Waals surface area contributed by atoms with Crippen LogP contribution in [0.3, 0.4) is 0 Å². The number of nitrogens with zero attached hydrogens (tertiary/aromatic N) is 1. The average molecular weight is 310 g/mol. The third kappa shape index (κ3) is 3.44. The largest absolute Gasteiger partial charge is 0.506 e. The number of benzene rings is 2. The smallest absolute Gasteiger partial charge is 0.253 e. The summed E-state index contributed by atoms with van der Waals surface area (Å²) in [6.07, 6.45) is 0. The number of hydrogen-bond donors (Lipinski definition) is 1. The van der Waals surface area contributed by atoms with E-state index in [1.807, 2.05) is 12.1 Å². The Morgan fingerprint density at radius 2 is 1.80 bits per heavy atom. The van der Waals surface area contributed by atoms with Crippen LogP contribution >= 0.6 is 23.2 Å². The Morgan fingerprint density at radius 1 is 1.15 bits per heavy atom. The predicted molar refractivity (Wildman–Crippen MR) is 80.4 cm³/mol. The molecule has 0 spiro atoms. The van der Waals surface area contributed by atoms with Gasteiger partial charge in [-0.15, -0.1) is 0 Å². The number of phenols is 1. The van der Waals surface area contributed by atoms with E-state index in [1.165, 1.54) is 12.1 Å². The van der Waals surface area contributed by atoms with Crippen molar-refractivity contribution in [3.63, 3.8) is 0 Å². The van der Waals surface area contributed by atoms with Gasteiger partial charge >= 0.3 is 0 Å². The first-order chi connectivity index (χ1) is 9.47. The van der Waals surface area contributed by atoms with Gasteiger partial charge in [-0.05, 0) is 35.9 Å². The molecule has 2 rings (SSSR count). The lowest BCUT2D eigenvalue weighted by molar-refractivity contribution is 0.0785. The summed E-state index contributed by atoms with van der Waals surface area (Å²) in [7, 11) is 1.71. The molecule has 0 radical (unpaired) electrons. The number of halogens is 2. The number of carbonyl (C=O) groups is 1. The number of hydrogen-bond acceptors (Lipinski definition) is 2. The zero-order valence-electron chi connectivity index (χ0n) is 10.8. The minimum absolute atomic E-state index is 0.0384. The van der Waals surface area contributed by atoms with Crippen LogP contribution in [0.2, 0.25) is 10.0 Å². The van der Waals surface area contributed by atoms with E-state index in [4.69, 9.17) is 23.2 Å². The normalized spacial score (nSPS) is 10.3. The standard InChI is InChI=1S/C15H13Cl2NO2/c1-18(9-10-2-5-12(16)6-3-10)15(20)11-4-7-14(19)13(17)8-11/h2-8,19H,9H2,1H3. The van der Waals surface area contributed by atoms with Gasteiger partial charge in [0, 0.05) is 24.2 Å². The Bertz CT molecular complexity index is 626. The molecule has 0 unspecified atom stereocenters. The van der Waals surface area contributed by atoms with Crippen molar-refractivity contribution < 1.29 is 9.90 Å². The third-order valence-corrected chi connectivity index (χ3v) is 3.43. The van der Waals surface area contributed by atoms with E-state index in [0.717, 1.165) is 5.56 Å². The minimum atomic E-state index is -0.165. The fourth-order valence-electron chi connectivity index (χ4n) is 1.80. The maximum Gasteiger partial charge on any atom is 0.253 e. The van der Waals surface area contributed by atoms with E-state index in [0.29, 0.717) is 17.1 Å². The van der Waals surface area contributed by atoms with Crippen LogP contribution in [0.1, 0.15) is 15.9 Å². The van der Waals surface area contributed by atoms with Crippen molar-refractivity contribution in [1.82, 2.24) is 4.90 Å². The zero-order valence-corrected chi connectivity index (χ0v) is 12.3. The fourth-order valence-corrected chi connectivity index (χ4v) is 2.10. The van der Waals surface area contributed by atoms with Crippen LogP contribution in [-0.2, 0) is 6.54 Å². The first-order valence-electron chi connectivity index (χ1n) is 5.96. The van der Waals surface area contributed by atoms with Gasteiger partial charge in [-0.3, -0.25) is 4.79 Å². The molecule has 0 aliphatic carbocycles. The summed E-state index contributed by atoms with van der Waals surface area (Å²) in [5.74, 6) is -0.203. The van der Waals surface area contributed by atoms with Gasteiger partial charge in [0.25, 0.3) is 5.91 Å². The molecule has 3 nitrogen and oxygen atoms in total. The average Bonchev–Trinajstić information content (AvgIpc) is 2.43. The Balaban J connectivity index is 2.11. The summed E-state index contributed by atoms with van der Waals surface area (Å²) >= 11 is 11.6. The van der Waals surface area contributed by atoms with Gasteiger partial charge in [0.1, 0.15) is 5.75 Å². The molecule has 0 fully saturated rings. The van der Waals surface area contributed by atoms with Crippen molar-refractivity contribution in [2.75, 3.05) is 7.05 Å². The van der Waals surface area contributed by atoms with E-state index in [-0.39, 0.29) is 16.7 Å². The highest BCUT2D eigenvalue weighted by Gasteiger charge is 2.13. The van der Waals surface area contributed by atoms with Crippen LogP contribution in [0.15, 0.2) is 42.5 Å². The highest BCUT2D eigenvalue weighted by Crippen LogP contribution is 2.24.